The summed E-state index contributed by atoms with van der Waals surface area (Å²) in [5, 5.41) is 7.86. The van der Waals surface area contributed by atoms with E-state index in [2.05, 4.69) is 0 Å². The van der Waals surface area contributed by atoms with Crippen molar-refractivity contribution in [1.82, 2.24) is 0 Å². The number of halogens is 1. The van der Waals surface area contributed by atoms with Crippen molar-refractivity contribution in [3.8, 4) is 0 Å². The molecule has 0 radical (unpaired) electrons. The first-order chi connectivity index (χ1) is 4.54. The van der Waals surface area contributed by atoms with Crippen LogP contribution in [0, 0.1) is 0 Å². The van der Waals surface area contributed by atoms with Crippen LogP contribution in [-0.4, -0.2) is 22.7 Å². The number of carboxylic acids is 1. The molecule has 0 aromatic rings. The lowest BCUT2D eigenvalue weighted by Crippen LogP contribution is -2.00. The van der Waals surface area contributed by atoms with Gasteiger partial charge in [0.1, 0.15) is 12.2 Å². The van der Waals surface area contributed by atoms with Gasteiger partial charge in [-0.15, -0.1) is 11.6 Å². The van der Waals surface area contributed by atoms with Gasteiger partial charge in [-0.2, -0.15) is 0 Å². The van der Waals surface area contributed by atoms with Crippen LogP contribution in [0.2, 0.25) is 0 Å². The molecule has 0 bridgehead atoms. The van der Waals surface area contributed by atoms with Crippen molar-refractivity contribution >= 4 is 23.4 Å². The summed E-state index contributed by atoms with van der Waals surface area (Å²) >= 11 is 5.00. The van der Waals surface area contributed by atoms with Gasteiger partial charge < -0.3 is 5.11 Å². The van der Waals surface area contributed by atoms with E-state index in [1.54, 1.807) is 0 Å². The Kier molecular flexibility index (Phi) is 10.2. The molecule has 0 spiro atoms. The molecule has 60 valence electrons. The van der Waals surface area contributed by atoms with Crippen LogP contribution < -0.4 is 0 Å². The van der Waals surface area contributed by atoms with Crippen molar-refractivity contribution in [1.29, 1.82) is 0 Å². The number of aliphatic carboxylic acids is 1. The Morgan fingerprint density at radius 2 is 1.80 bits per heavy atom. The van der Waals surface area contributed by atoms with Crippen LogP contribution in [0.5, 0.6) is 0 Å². The molecule has 0 unspecified atom stereocenters. The molecule has 10 heavy (non-hydrogen) atoms. The number of Topliss-reactive ketones (excluding diaryl/α,β-unsaturated/α-hetero) is 1. The van der Waals surface area contributed by atoms with Crippen molar-refractivity contribution < 1.29 is 14.7 Å². The monoisotopic (exact) mass is 166 g/mol. The highest BCUT2D eigenvalue weighted by molar-refractivity contribution is 6.17. The average Bonchev–Trinajstić information content (AvgIpc) is 1.62. The number of ketones is 1. The number of hydrogen-bond acceptors (Lipinski definition) is 2. The van der Waals surface area contributed by atoms with Crippen LogP contribution in [0.15, 0.2) is 0 Å². The molecule has 0 heterocycles. The summed E-state index contributed by atoms with van der Waals surface area (Å²) in [5.41, 5.74) is 0. The summed E-state index contributed by atoms with van der Waals surface area (Å²) in [7, 11) is 0. The van der Waals surface area contributed by atoms with Crippen LogP contribution in [0.25, 0.3) is 0 Å². The fraction of sp³-hybridized carbons (Fsp3) is 0.667. The minimum atomic E-state index is -1.06. The van der Waals surface area contributed by atoms with Gasteiger partial charge in [-0.05, 0) is 6.92 Å². The summed E-state index contributed by atoms with van der Waals surface area (Å²) in [6.45, 7) is 3.13. The smallest absolute Gasteiger partial charge is 0.310 e. The predicted molar refractivity (Wildman–Crippen MR) is 39.3 cm³/mol. The summed E-state index contributed by atoms with van der Waals surface area (Å²) in [5.74, 6) is -0.653. The molecular formula is C6H11ClO3. The predicted octanol–water partition coefficient (Wildman–Crippen LogP) is 1.30. The third-order valence-corrected chi connectivity index (χ3v) is 0.400. The average molecular weight is 167 g/mol. The summed E-state index contributed by atoms with van der Waals surface area (Å²) in [6, 6.07) is 0. The molecule has 0 atom stereocenters. The molecule has 0 aliphatic heterocycles. The van der Waals surface area contributed by atoms with Gasteiger partial charge in [0.25, 0.3) is 0 Å². The van der Waals surface area contributed by atoms with Crippen molar-refractivity contribution in [2.45, 2.75) is 20.3 Å². The maximum atomic E-state index is 9.87. The maximum absolute atomic E-state index is 9.87. The second kappa shape index (κ2) is 8.43. The first-order valence-corrected chi connectivity index (χ1v) is 3.35. The van der Waals surface area contributed by atoms with Crippen molar-refractivity contribution in [2.24, 2.45) is 0 Å². The fourth-order valence-electron chi connectivity index (χ4n) is 0.213. The molecule has 0 saturated heterocycles. The normalized spacial score (nSPS) is 7.50. The molecule has 0 saturated carbocycles. The summed E-state index contributed by atoms with van der Waals surface area (Å²) < 4.78 is 0. The Labute approximate surface area is 65.0 Å². The molecule has 0 rings (SSSR count). The zero-order chi connectivity index (χ0) is 8.57. The highest BCUT2D eigenvalue weighted by Gasteiger charge is 1.98. The van der Waals surface area contributed by atoms with Gasteiger partial charge >= 0.3 is 5.97 Å². The Hall–Kier alpha value is -0.570. The highest BCUT2D eigenvalue weighted by Crippen LogP contribution is 1.77. The molecule has 0 aromatic heterocycles. The van der Waals surface area contributed by atoms with Crippen LogP contribution in [0.3, 0.4) is 0 Å². The van der Waals surface area contributed by atoms with E-state index >= 15 is 0 Å². The number of hydrogen-bond donors (Lipinski definition) is 1. The third kappa shape index (κ3) is 26.1. The van der Waals surface area contributed by atoms with E-state index in [9.17, 15) is 9.59 Å². The number of carbonyl (C=O) groups excluding carboxylic acids is 1. The lowest BCUT2D eigenvalue weighted by atomic mass is 10.3. The van der Waals surface area contributed by atoms with Crippen LogP contribution >= 0.6 is 11.6 Å². The number of carbonyl (C=O) groups is 2. The lowest BCUT2D eigenvalue weighted by Gasteiger charge is -1.80. The van der Waals surface area contributed by atoms with E-state index in [1.165, 1.54) is 6.92 Å². The standard InChI is InChI=1S/C4H6O3.C2H5Cl/c1-3(5)2-4(6)7;1-2-3/h2H2,1H3,(H,6,7);2H2,1H3. The van der Waals surface area contributed by atoms with Gasteiger partial charge in [-0.3, -0.25) is 9.59 Å². The molecule has 3 nitrogen and oxygen atoms in total. The second-order valence-electron chi connectivity index (χ2n) is 1.54. The fourth-order valence-corrected chi connectivity index (χ4v) is 0.213. The van der Waals surface area contributed by atoms with E-state index in [-0.39, 0.29) is 12.2 Å². The lowest BCUT2D eigenvalue weighted by molar-refractivity contribution is -0.139. The minimum Gasteiger partial charge on any atom is -0.481 e. The van der Waals surface area contributed by atoms with E-state index in [4.69, 9.17) is 16.7 Å². The highest BCUT2D eigenvalue weighted by atomic mass is 35.5. The second-order valence-corrected chi connectivity index (χ2v) is 2.07. The van der Waals surface area contributed by atoms with Crippen molar-refractivity contribution in [3.05, 3.63) is 0 Å². The first-order valence-electron chi connectivity index (χ1n) is 2.81. The van der Waals surface area contributed by atoms with Gasteiger partial charge in [0.2, 0.25) is 0 Å². The number of alkyl halides is 1. The molecule has 0 aliphatic carbocycles. The quantitative estimate of drug-likeness (QED) is 0.497. The minimum absolute atomic E-state index is 0.312. The molecule has 1 N–H and O–H groups in total. The van der Waals surface area contributed by atoms with Gasteiger partial charge in [0, 0.05) is 5.88 Å². The Morgan fingerprint density at radius 1 is 1.50 bits per heavy atom. The van der Waals surface area contributed by atoms with Crippen LogP contribution in [-0.2, 0) is 9.59 Å². The number of carboxylic acid groups (broad SMARTS) is 1. The summed E-state index contributed by atoms with van der Waals surface area (Å²) in [4.78, 5) is 19.5. The van der Waals surface area contributed by atoms with E-state index < -0.39 is 5.97 Å². The zero-order valence-corrected chi connectivity index (χ0v) is 6.81. The molecular weight excluding hydrogens is 156 g/mol. The Bertz CT molecular complexity index is 99.6. The molecule has 0 amide bonds. The topological polar surface area (TPSA) is 54.4 Å². The van der Waals surface area contributed by atoms with Crippen molar-refractivity contribution in [3.63, 3.8) is 0 Å². The molecule has 4 heteroatoms. The molecule has 0 fully saturated rings. The van der Waals surface area contributed by atoms with E-state index in [0.717, 1.165) is 5.88 Å². The van der Waals surface area contributed by atoms with Gasteiger partial charge in [0.05, 0.1) is 0 Å². The largest absolute Gasteiger partial charge is 0.481 e. The van der Waals surface area contributed by atoms with Crippen LogP contribution in [0.4, 0.5) is 0 Å². The number of rotatable bonds is 2. The van der Waals surface area contributed by atoms with Gasteiger partial charge in [-0.1, -0.05) is 6.92 Å². The SMILES string of the molecule is CC(=O)CC(=O)O.CCCl. The summed E-state index contributed by atoms with van der Waals surface area (Å²) in [6.07, 6.45) is -0.361. The van der Waals surface area contributed by atoms with Gasteiger partial charge in [0.15, 0.2) is 0 Å². The van der Waals surface area contributed by atoms with Crippen LogP contribution in [0.1, 0.15) is 20.3 Å². The van der Waals surface area contributed by atoms with E-state index in [1.807, 2.05) is 6.92 Å². The van der Waals surface area contributed by atoms with Gasteiger partial charge in [-0.25, -0.2) is 0 Å². The first kappa shape index (κ1) is 12.1. The third-order valence-electron chi connectivity index (χ3n) is 0.400. The Morgan fingerprint density at radius 3 is 1.80 bits per heavy atom. The maximum Gasteiger partial charge on any atom is 0.310 e. The Balaban J connectivity index is 0. The molecule has 0 aliphatic rings. The van der Waals surface area contributed by atoms with E-state index in [0.29, 0.717) is 0 Å². The van der Waals surface area contributed by atoms with Crippen molar-refractivity contribution in [2.75, 3.05) is 5.88 Å². The molecule has 0 aromatic carbocycles. The zero-order valence-electron chi connectivity index (χ0n) is 6.06.